The molecule has 2 N–H and O–H groups in total. The fourth-order valence-electron chi connectivity index (χ4n) is 4.24. The van der Waals surface area contributed by atoms with Crippen LogP contribution in [0, 0.1) is 5.92 Å². The summed E-state index contributed by atoms with van der Waals surface area (Å²) >= 11 is 0. The Morgan fingerprint density at radius 2 is 1.74 bits per heavy atom. The first-order valence-corrected chi connectivity index (χ1v) is 9.71. The van der Waals surface area contributed by atoms with Gasteiger partial charge in [-0.15, -0.1) is 0 Å². The predicted molar refractivity (Wildman–Crippen MR) is 108 cm³/mol. The Kier molecular flexibility index (Phi) is 5.25. The van der Waals surface area contributed by atoms with E-state index in [1.807, 2.05) is 30.0 Å². The molecule has 0 radical (unpaired) electrons. The van der Waals surface area contributed by atoms with Gasteiger partial charge in [0.1, 0.15) is 0 Å². The molecule has 3 unspecified atom stereocenters. The van der Waals surface area contributed by atoms with Crippen LogP contribution < -0.4 is 10.9 Å². The summed E-state index contributed by atoms with van der Waals surface area (Å²) in [5.74, 6) is 0.621. The van der Waals surface area contributed by atoms with Gasteiger partial charge in [-0.3, -0.25) is 10.2 Å². The first kappa shape index (κ1) is 18.2. The summed E-state index contributed by atoms with van der Waals surface area (Å²) in [7, 11) is 3.89. The summed E-state index contributed by atoms with van der Waals surface area (Å²) in [6.07, 6.45) is 0.995. The second-order valence-corrected chi connectivity index (χ2v) is 7.89. The summed E-state index contributed by atoms with van der Waals surface area (Å²) in [5, 5.41) is 0. The number of likely N-dealkylation sites (N-methyl/N-ethyl adjacent to an activating group) is 1. The Bertz CT molecular complexity index is 775. The number of carbonyl (C=O) groups is 1. The quantitative estimate of drug-likeness (QED) is 0.874. The summed E-state index contributed by atoms with van der Waals surface area (Å²) in [6, 6.07) is 19.9. The van der Waals surface area contributed by atoms with Crippen LogP contribution in [0.3, 0.4) is 0 Å². The van der Waals surface area contributed by atoms with Gasteiger partial charge in [0.05, 0.1) is 12.6 Å². The van der Waals surface area contributed by atoms with Gasteiger partial charge >= 0.3 is 0 Å². The molecule has 5 nitrogen and oxygen atoms in total. The molecular formula is C22H28N4O. The van der Waals surface area contributed by atoms with Crippen molar-refractivity contribution in [1.82, 2.24) is 20.7 Å². The van der Waals surface area contributed by atoms with Crippen molar-refractivity contribution in [2.24, 2.45) is 5.92 Å². The van der Waals surface area contributed by atoms with Crippen LogP contribution in [0.25, 0.3) is 11.1 Å². The van der Waals surface area contributed by atoms with Crippen LogP contribution in [0.1, 0.15) is 18.0 Å². The van der Waals surface area contributed by atoms with E-state index in [1.165, 1.54) is 16.7 Å². The molecule has 2 aliphatic heterocycles. The smallest absolute Gasteiger partial charge is 0.236 e. The normalized spacial score (nSPS) is 24.9. The molecule has 2 aromatic carbocycles. The molecular weight excluding hydrogens is 336 g/mol. The zero-order chi connectivity index (χ0) is 18.8. The summed E-state index contributed by atoms with van der Waals surface area (Å²) < 4.78 is 0. The van der Waals surface area contributed by atoms with Crippen molar-refractivity contribution < 1.29 is 4.79 Å². The number of hydrogen-bond acceptors (Lipinski definition) is 4. The third-order valence-corrected chi connectivity index (χ3v) is 5.69. The minimum absolute atomic E-state index is 0.225. The topological polar surface area (TPSA) is 47.6 Å². The van der Waals surface area contributed by atoms with Crippen molar-refractivity contribution in [3.63, 3.8) is 0 Å². The predicted octanol–water partition coefficient (Wildman–Crippen LogP) is 2.28. The zero-order valence-corrected chi connectivity index (χ0v) is 16.1. The number of rotatable bonds is 4. The van der Waals surface area contributed by atoms with Gasteiger partial charge in [0, 0.05) is 25.0 Å². The van der Waals surface area contributed by atoms with Crippen LogP contribution in [0.15, 0.2) is 54.6 Å². The highest BCUT2D eigenvalue weighted by Gasteiger charge is 2.41. The van der Waals surface area contributed by atoms with E-state index in [1.54, 1.807) is 0 Å². The Balaban J connectivity index is 1.48. The molecule has 0 aromatic heterocycles. The van der Waals surface area contributed by atoms with Gasteiger partial charge in [0.25, 0.3) is 0 Å². The molecule has 5 heteroatoms. The molecule has 0 spiro atoms. The van der Waals surface area contributed by atoms with Gasteiger partial charge in [-0.05, 0) is 37.2 Å². The molecule has 4 rings (SSSR count). The van der Waals surface area contributed by atoms with Gasteiger partial charge in [-0.1, -0.05) is 54.6 Å². The van der Waals surface area contributed by atoms with Gasteiger partial charge < -0.3 is 9.80 Å². The molecule has 0 bridgehead atoms. The molecule has 0 aliphatic carbocycles. The largest absolute Gasteiger partial charge is 0.341 e. The van der Waals surface area contributed by atoms with E-state index in [9.17, 15) is 4.79 Å². The first-order chi connectivity index (χ1) is 13.1. The van der Waals surface area contributed by atoms with E-state index in [0.29, 0.717) is 18.5 Å². The van der Waals surface area contributed by atoms with Crippen molar-refractivity contribution in [2.75, 3.05) is 33.7 Å². The van der Waals surface area contributed by atoms with Gasteiger partial charge in [0.15, 0.2) is 0 Å². The lowest BCUT2D eigenvalue weighted by atomic mass is 9.84. The average molecular weight is 364 g/mol. The third-order valence-electron chi connectivity index (χ3n) is 5.69. The number of benzene rings is 2. The molecule has 2 saturated heterocycles. The molecule has 142 valence electrons. The zero-order valence-electron chi connectivity index (χ0n) is 16.1. The number of likely N-dealkylation sites (tertiary alicyclic amines) is 1. The summed E-state index contributed by atoms with van der Waals surface area (Å²) in [4.78, 5) is 16.5. The van der Waals surface area contributed by atoms with Crippen LogP contribution in [0.5, 0.6) is 0 Å². The summed E-state index contributed by atoms with van der Waals surface area (Å²) in [6.45, 7) is 2.12. The van der Waals surface area contributed by atoms with E-state index in [-0.39, 0.29) is 11.9 Å². The Morgan fingerprint density at radius 3 is 2.44 bits per heavy atom. The maximum atomic E-state index is 12.5. The van der Waals surface area contributed by atoms with Gasteiger partial charge in [0.2, 0.25) is 5.91 Å². The van der Waals surface area contributed by atoms with Crippen LogP contribution in [-0.2, 0) is 4.79 Å². The Hall–Kier alpha value is -2.21. The van der Waals surface area contributed by atoms with Crippen LogP contribution in [-0.4, -0.2) is 55.5 Å². The van der Waals surface area contributed by atoms with Crippen LogP contribution in [0.2, 0.25) is 0 Å². The molecule has 27 heavy (non-hydrogen) atoms. The van der Waals surface area contributed by atoms with Gasteiger partial charge in [-0.25, -0.2) is 5.43 Å². The molecule has 2 heterocycles. The van der Waals surface area contributed by atoms with E-state index in [0.717, 1.165) is 19.5 Å². The highest BCUT2D eigenvalue weighted by molar-refractivity contribution is 5.78. The van der Waals surface area contributed by atoms with E-state index in [4.69, 9.17) is 0 Å². The van der Waals surface area contributed by atoms with Crippen LogP contribution >= 0.6 is 0 Å². The maximum absolute atomic E-state index is 12.5. The number of piperidine rings is 1. The monoisotopic (exact) mass is 364 g/mol. The molecule has 2 fully saturated rings. The third kappa shape index (κ3) is 3.90. The van der Waals surface area contributed by atoms with E-state index in [2.05, 4.69) is 59.4 Å². The van der Waals surface area contributed by atoms with Gasteiger partial charge in [-0.2, -0.15) is 0 Å². The Labute approximate surface area is 161 Å². The van der Waals surface area contributed by atoms with Crippen molar-refractivity contribution in [2.45, 2.75) is 18.5 Å². The lowest BCUT2D eigenvalue weighted by molar-refractivity contribution is -0.133. The van der Waals surface area contributed by atoms with Crippen molar-refractivity contribution in [3.8, 4) is 11.1 Å². The molecule has 1 amide bonds. The van der Waals surface area contributed by atoms with Crippen molar-refractivity contribution in [3.05, 3.63) is 60.2 Å². The fraction of sp³-hybridized carbons (Fsp3) is 0.409. The molecule has 3 atom stereocenters. The number of nitrogens with zero attached hydrogens (tertiary/aromatic N) is 2. The average Bonchev–Trinajstić information content (AvgIpc) is 3.11. The molecule has 2 aliphatic rings. The Morgan fingerprint density at radius 1 is 1.04 bits per heavy atom. The minimum Gasteiger partial charge on any atom is -0.341 e. The van der Waals surface area contributed by atoms with Crippen LogP contribution in [0.4, 0.5) is 0 Å². The lowest BCUT2D eigenvalue weighted by Gasteiger charge is -2.36. The number of amides is 1. The fourth-order valence-corrected chi connectivity index (χ4v) is 4.24. The summed E-state index contributed by atoms with van der Waals surface area (Å²) in [5.41, 5.74) is 10.7. The number of carbonyl (C=O) groups excluding carboxylic acids is 1. The lowest BCUT2D eigenvalue weighted by Crippen LogP contribution is -2.49. The highest BCUT2D eigenvalue weighted by Crippen LogP contribution is 2.34. The second kappa shape index (κ2) is 7.80. The number of fused-ring (bicyclic) bond motifs is 1. The van der Waals surface area contributed by atoms with Crippen molar-refractivity contribution in [1.29, 1.82) is 0 Å². The number of hydrogen-bond donors (Lipinski definition) is 2. The molecule has 0 saturated carbocycles. The highest BCUT2D eigenvalue weighted by atomic mass is 16.2. The van der Waals surface area contributed by atoms with Crippen molar-refractivity contribution >= 4 is 5.91 Å². The first-order valence-electron chi connectivity index (χ1n) is 9.71. The maximum Gasteiger partial charge on any atom is 0.236 e. The minimum atomic E-state index is 0.225. The number of nitrogens with one attached hydrogen (secondary N) is 2. The standard InChI is InChI=1S/C22H28N4O/c1-25(2)15-21(27)26-13-12-20-19(14-26)22(24-23-20)18-10-8-17(9-11-18)16-6-4-3-5-7-16/h3-11,19-20,22-24H,12-15H2,1-2H3. The van der Waals surface area contributed by atoms with E-state index >= 15 is 0 Å². The second-order valence-electron chi connectivity index (χ2n) is 7.89. The SMILES string of the molecule is CN(C)CC(=O)N1CCC2NNC(c3ccc(-c4ccccc4)cc3)C2C1. The molecule has 2 aromatic rings. The number of hydrazine groups is 1. The van der Waals surface area contributed by atoms with E-state index < -0.39 is 0 Å².